The number of rotatable bonds is 9. The highest BCUT2D eigenvalue weighted by Gasteiger charge is 2.30. The number of halogens is 5. The predicted octanol–water partition coefficient (Wildman–Crippen LogP) is 6.38. The molecule has 4 aromatic carbocycles. The second-order valence-corrected chi connectivity index (χ2v) is 10.4. The van der Waals surface area contributed by atoms with E-state index in [1.807, 2.05) is 0 Å². The first-order valence-corrected chi connectivity index (χ1v) is 13.5. The first kappa shape index (κ1) is 31.5. The fourth-order valence-corrected chi connectivity index (χ4v) is 4.49. The third-order valence-corrected chi connectivity index (χ3v) is 6.92. The van der Waals surface area contributed by atoms with Gasteiger partial charge in [-0.05, 0) is 71.1 Å². The number of hydrogen-bond acceptors (Lipinski definition) is 4. The normalized spacial score (nSPS) is 12.8. The monoisotopic (exact) mass is 614 g/mol. The maximum absolute atomic E-state index is 13.6. The zero-order valence-corrected chi connectivity index (χ0v) is 23.5. The quantitative estimate of drug-likeness (QED) is 0.165. The van der Waals surface area contributed by atoms with E-state index in [4.69, 9.17) is 11.6 Å². The van der Waals surface area contributed by atoms with Crippen molar-refractivity contribution >= 4 is 23.4 Å². The van der Waals surface area contributed by atoms with E-state index in [0.717, 1.165) is 17.7 Å². The molecule has 0 aliphatic rings. The summed E-state index contributed by atoms with van der Waals surface area (Å²) in [6.45, 7) is 1.42. The number of aliphatic hydroxyl groups is 1. The number of phenolic OH excluding ortho intramolecular Hbond substituents is 1. The second kappa shape index (κ2) is 13.3. The Hall–Kier alpha value is -4.41. The minimum Gasteiger partial charge on any atom is -0.507 e. The summed E-state index contributed by atoms with van der Waals surface area (Å²) in [6.07, 6.45) is -5.30. The number of aliphatic hydroxyl groups excluding tert-OH is 1. The van der Waals surface area contributed by atoms with Gasteiger partial charge in [-0.3, -0.25) is 9.59 Å². The summed E-state index contributed by atoms with van der Waals surface area (Å²) in [4.78, 5) is 26.3. The highest BCUT2D eigenvalue weighted by atomic mass is 35.5. The number of hydrogen-bond donors (Lipinski definition) is 4. The average molecular weight is 615 g/mol. The molecule has 0 bridgehead atoms. The molecule has 0 aliphatic heterocycles. The maximum Gasteiger partial charge on any atom is 0.416 e. The molecule has 0 saturated heterocycles. The van der Waals surface area contributed by atoms with E-state index in [9.17, 15) is 37.4 Å². The van der Waals surface area contributed by atoms with E-state index in [0.29, 0.717) is 22.3 Å². The van der Waals surface area contributed by atoms with Gasteiger partial charge in [-0.1, -0.05) is 60.1 Å². The minimum atomic E-state index is -4.50. The SMILES string of the molecule is CC(O)CNC(=O)C(Cc1ccc(-c2ccc(F)c(Cl)c2)cc1)NC(=O)c1cc(-c2ccc(C(F)(F)F)cc2)ccc1O. The second-order valence-electron chi connectivity index (χ2n) is 9.96. The summed E-state index contributed by atoms with van der Waals surface area (Å²) >= 11 is 5.89. The van der Waals surface area contributed by atoms with E-state index in [1.54, 1.807) is 30.3 Å². The molecule has 6 nitrogen and oxygen atoms in total. The molecule has 4 N–H and O–H groups in total. The van der Waals surface area contributed by atoms with Crippen LogP contribution in [0.4, 0.5) is 17.6 Å². The van der Waals surface area contributed by atoms with Crippen LogP contribution in [0.5, 0.6) is 5.75 Å². The standard InChI is InChI=1S/C32H27ClF4N2O4/c1-18(40)17-38-31(43)28(14-19-2-4-20(5-3-19)23-8-12-27(34)26(33)16-23)39-30(42)25-15-22(9-13-29(25)41)21-6-10-24(11-7-21)32(35,36)37/h2-13,15-16,18,28,40-41H,14,17H2,1H3,(H,38,43)(H,39,42). The Labute approximate surface area is 249 Å². The predicted molar refractivity (Wildman–Crippen MR) is 155 cm³/mol. The summed E-state index contributed by atoms with van der Waals surface area (Å²) in [5.74, 6) is -2.30. The molecule has 4 rings (SSSR count). The fraction of sp³-hybridized carbons (Fsp3) is 0.188. The number of amides is 2. The van der Waals surface area contributed by atoms with Crippen molar-refractivity contribution in [2.24, 2.45) is 0 Å². The van der Waals surface area contributed by atoms with Crippen molar-refractivity contribution < 1.29 is 37.4 Å². The molecule has 0 aromatic heterocycles. The Morgan fingerprint density at radius 1 is 0.860 bits per heavy atom. The molecule has 0 heterocycles. The van der Waals surface area contributed by atoms with E-state index in [1.165, 1.54) is 49.4 Å². The van der Waals surface area contributed by atoms with Gasteiger partial charge in [-0.15, -0.1) is 0 Å². The molecule has 43 heavy (non-hydrogen) atoms. The average Bonchev–Trinajstić information content (AvgIpc) is 2.97. The third-order valence-electron chi connectivity index (χ3n) is 6.63. The molecule has 0 radical (unpaired) electrons. The minimum absolute atomic E-state index is 0.0234. The van der Waals surface area contributed by atoms with Crippen LogP contribution in [-0.2, 0) is 17.4 Å². The Kier molecular flexibility index (Phi) is 9.73. The highest BCUT2D eigenvalue weighted by Crippen LogP contribution is 2.32. The van der Waals surface area contributed by atoms with Gasteiger partial charge in [0.15, 0.2) is 0 Å². The van der Waals surface area contributed by atoms with Gasteiger partial charge in [0, 0.05) is 13.0 Å². The van der Waals surface area contributed by atoms with Crippen LogP contribution < -0.4 is 10.6 Å². The molecular weight excluding hydrogens is 588 g/mol. The van der Waals surface area contributed by atoms with E-state index in [2.05, 4.69) is 10.6 Å². The molecule has 2 amide bonds. The van der Waals surface area contributed by atoms with Gasteiger partial charge in [-0.25, -0.2) is 4.39 Å². The van der Waals surface area contributed by atoms with Crippen LogP contribution in [0.2, 0.25) is 5.02 Å². The number of phenols is 1. The molecule has 11 heteroatoms. The first-order valence-electron chi connectivity index (χ1n) is 13.1. The van der Waals surface area contributed by atoms with Crippen molar-refractivity contribution in [3.8, 4) is 28.0 Å². The summed E-state index contributed by atoms with van der Waals surface area (Å²) in [5.41, 5.74) is 1.84. The van der Waals surface area contributed by atoms with Gasteiger partial charge in [0.1, 0.15) is 17.6 Å². The van der Waals surface area contributed by atoms with Crippen LogP contribution in [0.25, 0.3) is 22.3 Å². The fourth-order valence-electron chi connectivity index (χ4n) is 4.31. The largest absolute Gasteiger partial charge is 0.507 e. The molecule has 0 aliphatic carbocycles. The first-order chi connectivity index (χ1) is 20.3. The van der Waals surface area contributed by atoms with Crippen molar-refractivity contribution in [3.05, 3.63) is 112 Å². The third kappa shape index (κ3) is 8.12. The Morgan fingerprint density at radius 3 is 2.00 bits per heavy atom. The van der Waals surface area contributed by atoms with Crippen LogP contribution in [0.3, 0.4) is 0 Å². The molecule has 0 saturated carbocycles. The van der Waals surface area contributed by atoms with Crippen LogP contribution in [0.1, 0.15) is 28.4 Å². The van der Waals surface area contributed by atoms with Crippen molar-refractivity contribution in [2.45, 2.75) is 31.7 Å². The van der Waals surface area contributed by atoms with Gasteiger partial charge in [0.05, 0.1) is 22.3 Å². The lowest BCUT2D eigenvalue weighted by Crippen LogP contribution is -2.49. The van der Waals surface area contributed by atoms with Crippen molar-refractivity contribution in [3.63, 3.8) is 0 Å². The Balaban J connectivity index is 1.56. The Morgan fingerprint density at radius 2 is 1.42 bits per heavy atom. The van der Waals surface area contributed by atoms with Crippen LogP contribution >= 0.6 is 11.6 Å². The lowest BCUT2D eigenvalue weighted by molar-refractivity contribution is -0.137. The number of aromatic hydroxyl groups is 1. The number of nitrogens with one attached hydrogen (secondary N) is 2. The zero-order valence-electron chi connectivity index (χ0n) is 22.8. The number of benzene rings is 4. The molecule has 224 valence electrons. The van der Waals surface area contributed by atoms with Crippen LogP contribution in [-0.4, -0.2) is 40.7 Å². The number of carbonyl (C=O) groups is 2. The molecule has 2 atom stereocenters. The maximum atomic E-state index is 13.6. The summed E-state index contributed by atoms with van der Waals surface area (Å²) in [6, 6.07) is 18.5. The van der Waals surface area contributed by atoms with Gasteiger partial charge in [0.25, 0.3) is 5.91 Å². The molecule has 2 unspecified atom stereocenters. The van der Waals surface area contributed by atoms with Gasteiger partial charge >= 0.3 is 6.18 Å². The van der Waals surface area contributed by atoms with Crippen LogP contribution in [0.15, 0.2) is 84.9 Å². The number of alkyl halides is 3. The Bertz CT molecular complexity index is 1610. The van der Waals surface area contributed by atoms with E-state index >= 15 is 0 Å². The lowest BCUT2D eigenvalue weighted by Gasteiger charge is -2.20. The number of carbonyl (C=O) groups excluding carboxylic acids is 2. The smallest absolute Gasteiger partial charge is 0.416 e. The van der Waals surface area contributed by atoms with Gasteiger partial charge in [0.2, 0.25) is 5.91 Å². The van der Waals surface area contributed by atoms with E-state index in [-0.39, 0.29) is 23.6 Å². The molecular formula is C32H27ClF4N2O4. The van der Waals surface area contributed by atoms with E-state index < -0.39 is 47.3 Å². The molecule has 0 fully saturated rings. The van der Waals surface area contributed by atoms with Crippen molar-refractivity contribution in [2.75, 3.05) is 6.54 Å². The van der Waals surface area contributed by atoms with Crippen molar-refractivity contribution in [1.82, 2.24) is 10.6 Å². The molecule has 4 aromatic rings. The van der Waals surface area contributed by atoms with Gasteiger partial charge in [-0.2, -0.15) is 13.2 Å². The van der Waals surface area contributed by atoms with Crippen molar-refractivity contribution in [1.29, 1.82) is 0 Å². The summed E-state index contributed by atoms with van der Waals surface area (Å²) < 4.78 is 52.4. The highest BCUT2D eigenvalue weighted by molar-refractivity contribution is 6.31. The van der Waals surface area contributed by atoms with Crippen LogP contribution in [0, 0.1) is 5.82 Å². The topological polar surface area (TPSA) is 98.7 Å². The summed E-state index contributed by atoms with van der Waals surface area (Å²) in [5, 5.41) is 25.2. The zero-order chi connectivity index (χ0) is 31.3. The lowest BCUT2D eigenvalue weighted by atomic mass is 9.99. The summed E-state index contributed by atoms with van der Waals surface area (Å²) in [7, 11) is 0. The molecule has 0 spiro atoms. The van der Waals surface area contributed by atoms with Gasteiger partial charge < -0.3 is 20.8 Å².